The molecule has 3 aromatic rings. The van der Waals surface area contributed by atoms with Gasteiger partial charge in [-0.1, -0.05) is 24.3 Å². The Balaban J connectivity index is 1.83. The van der Waals surface area contributed by atoms with E-state index in [4.69, 9.17) is 0 Å². The van der Waals surface area contributed by atoms with E-state index in [0.717, 1.165) is 28.2 Å². The summed E-state index contributed by atoms with van der Waals surface area (Å²) >= 11 is 1.79. The summed E-state index contributed by atoms with van der Waals surface area (Å²) < 4.78 is 0. The fraction of sp³-hybridized carbons (Fsp3) is 0.222. The van der Waals surface area contributed by atoms with Crippen LogP contribution in [0.3, 0.4) is 0 Å². The second kappa shape index (κ2) is 5.86. The van der Waals surface area contributed by atoms with Crippen LogP contribution in [-0.2, 0) is 5.75 Å². The maximum atomic E-state index is 4.66. The number of aryl methyl sites for hydroxylation is 3. The maximum absolute atomic E-state index is 4.66. The lowest BCUT2D eigenvalue weighted by Gasteiger charge is -2.07. The Kier molecular flexibility index (Phi) is 3.93. The van der Waals surface area contributed by atoms with Crippen LogP contribution < -0.4 is 0 Å². The molecule has 106 valence electrons. The van der Waals surface area contributed by atoms with Crippen LogP contribution in [0.15, 0.2) is 47.4 Å². The lowest BCUT2D eigenvalue weighted by atomic mass is 10.1. The van der Waals surface area contributed by atoms with E-state index in [0.29, 0.717) is 0 Å². The van der Waals surface area contributed by atoms with Crippen molar-refractivity contribution in [1.29, 1.82) is 0 Å². The molecular weight excluding hydrogens is 276 g/mol. The van der Waals surface area contributed by atoms with Crippen molar-refractivity contribution in [2.75, 3.05) is 0 Å². The standard InChI is InChI=1S/C18H18N2S/c1-12-8-9-15(10-13(12)2)21-11-18-19-14(3)16-6-4-5-7-17(16)20-18/h4-10H,11H2,1-3H3. The van der Waals surface area contributed by atoms with Crippen LogP contribution in [0.4, 0.5) is 0 Å². The summed E-state index contributed by atoms with van der Waals surface area (Å²) in [5.74, 6) is 1.70. The Hall–Kier alpha value is -1.87. The Morgan fingerprint density at radius 2 is 1.71 bits per heavy atom. The Labute approximate surface area is 129 Å². The van der Waals surface area contributed by atoms with Gasteiger partial charge >= 0.3 is 0 Å². The largest absolute Gasteiger partial charge is 0.237 e. The van der Waals surface area contributed by atoms with Gasteiger partial charge in [0.15, 0.2) is 0 Å². The molecule has 0 aliphatic heterocycles. The Morgan fingerprint density at radius 1 is 0.905 bits per heavy atom. The lowest BCUT2D eigenvalue weighted by Crippen LogP contribution is -1.96. The van der Waals surface area contributed by atoms with Crippen LogP contribution in [0.2, 0.25) is 0 Å². The zero-order valence-corrected chi connectivity index (χ0v) is 13.4. The molecule has 21 heavy (non-hydrogen) atoms. The van der Waals surface area contributed by atoms with E-state index >= 15 is 0 Å². The van der Waals surface area contributed by atoms with Crippen molar-refractivity contribution in [2.24, 2.45) is 0 Å². The summed E-state index contributed by atoms with van der Waals surface area (Å²) in [5.41, 5.74) is 4.74. The van der Waals surface area contributed by atoms with Crippen molar-refractivity contribution in [3.05, 3.63) is 65.1 Å². The Morgan fingerprint density at radius 3 is 2.52 bits per heavy atom. The first kappa shape index (κ1) is 14.1. The van der Waals surface area contributed by atoms with Gasteiger partial charge in [0.2, 0.25) is 0 Å². The monoisotopic (exact) mass is 294 g/mol. The molecule has 0 radical (unpaired) electrons. The molecule has 0 saturated carbocycles. The normalized spacial score (nSPS) is 11.0. The molecule has 0 aliphatic carbocycles. The summed E-state index contributed by atoms with van der Waals surface area (Å²) in [6.45, 7) is 6.34. The molecule has 2 nitrogen and oxygen atoms in total. The summed E-state index contributed by atoms with van der Waals surface area (Å²) in [6.07, 6.45) is 0. The first-order chi connectivity index (χ1) is 10.1. The summed E-state index contributed by atoms with van der Waals surface area (Å²) in [5, 5.41) is 1.14. The number of benzene rings is 2. The molecule has 0 spiro atoms. The highest BCUT2D eigenvalue weighted by atomic mass is 32.2. The molecule has 0 aliphatic rings. The predicted octanol–water partition coefficient (Wildman–Crippen LogP) is 4.85. The van der Waals surface area contributed by atoms with E-state index in [1.54, 1.807) is 11.8 Å². The molecule has 2 aromatic carbocycles. The van der Waals surface area contributed by atoms with Gasteiger partial charge in [-0.05, 0) is 50.1 Å². The topological polar surface area (TPSA) is 25.8 Å². The molecule has 3 rings (SSSR count). The van der Waals surface area contributed by atoms with E-state index in [2.05, 4.69) is 48.1 Å². The van der Waals surface area contributed by atoms with Gasteiger partial charge in [0.25, 0.3) is 0 Å². The van der Waals surface area contributed by atoms with E-state index < -0.39 is 0 Å². The molecule has 1 aromatic heterocycles. The van der Waals surface area contributed by atoms with Crippen molar-refractivity contribution in [2.45, 2.75) is 31.4 Å². The van der Waals surface area contributed by atoms with Gasteiger partial charge in [0, 0.05) is 16.0 Å². The SMILES string of the molecule is Cc1ccc(SCc2nc(C)c3ccccc3n2)cc1C. The number of hydrogen-bond acceptors (Lipinski definition) is 3. The molecule has 0 unspecified atom stereocenters. The van der Waals surface area contributed by atoms with Crippen molar-refractivity contribution >= 4 is 22.7 Å². The smallest absolute Gasteiger partial charge is 0.139 e. The van der Waals surface area contributed by atoms with Crippen LogP contribution in [0.5, 0.6) is 0 Å². The van der Waals surface area contributed by atoms with Crippen LogP contribution in [0.1, 0.15) is 22.6 Å². The highest BCUT2D eigenvalue weighted by molar-refractivity contribution is 7.98. The van der Waals surface area contributed by atoms with Crippen molar-refractivity contribution < 1.29 is 0 Å². The van der Waals surface area contributed by atoms with E-state index in [-0.39, 0.29) is 0 Å². The first-order valence-corrected chi connectivity index (χ1v) is 8.04. The summed E-state index contributed by atoms with van der Waals surface area (Å²) in [4.78, 5) is 10.6. The molecule has 0 amide bonds. The van der Waals surface area contributed by atoms with Crippen LogP contribution in [-0.4, -0.2) is 9.97 Å². The fourth-order valence-electron chi connectivity index (χ4n) is 2.31. The van der Waals surface area contributed by atoms with Gasteiger partial charge in [-0.25, -0.2) is 9.97 Å². The van der Waals surface area contributed by atoms with Crippen LogP contribution in [0, 0.1) is 20.8 Å². The molecule has 0 fully saturated rings. The van der Waals surface area contributed by atoms with Gasteiger partial charge in [-0.2, -0.15) is 0 Å². The van der Waals surface area contributed by atoms with Gasteiger partial charge in [0.05, 0.1) is 11.3 Å². The maximum Gasteiger partial charge on any atom is 0.139 e. The third-order valence-corrected chi connectivity index (χ3v) is 4.68. The average Bonchev–Trinajstić information content (AvgIpc) is 2.49. The lowest BCUT2D eigenvalue weighted by molar-refractivity contribution is 1.03. The number of rotatable bonds is 3. The number of aromatic nitrogens is 2. The average molecular weight is 294 g/mol. The minimum Gasteiger partial charge on any atom is -0.237 e. The number of thioether (sulfide) groups is 1. The molecule has 0 saturated heterocycles. The van der Waals surface area contributed by atoms with Gasteiger partial charge < -0.3 is 0 Å². The second-order valence-corrected chi connectivity index (χ2v) is 6.33. The van der Waals surface area contributed by atoms with Gasteiger partial charge in [0.1, 0.15) is 5.82 Å². The van der Waals surface area contributed by atoms with Crippen molar-refractivity contribution in [3.63, 3.8) is 0 Å². The third-order valence-electron chi connectivity index (χ3n) is 3.69. The molecule has 3 heteroatoms. The molecule has 1 heterocycles. The zero-order valence-electron chi connectivity index (χ0n) is 12.6. The van der Waals surface area contributed by atoms with E-state index in [1.807, 2.05) is 25.1 Å². The quantitative estimate of drug-likeness (QED) is 0.646. The number of fused-ring (bicyclic) bond motifs is 1. The second-order valence-electron chi connectivity index (χ2n) is 5.28. The predicted molar refractivity (Wildman–Crippen MR) is 89.8 cm³/mol. The number of para-hydroxylation sites is 1. The minimum atomic E-state index is 0.800. The zero-order chi connectivity index (χ0) is 14.8. The summed E-state index contributed by atoms with van der Waals surface area (Å²) in [7, 11) is 0. The Bertz CT molecular complexity index is 796. The molecular formula is C18H18N2S. The molecule has 0 bridgehead atoms. The van der Waals surface area contributed by atoms with Gasteiger partial charge in [-0.15, -0.1) is 11.8 Å². The fourth-order valence-corrected chi connectivity index (χ4v) is 3.16. The summed E-state index contributed by atoms with van der Waals surface area (Å²) in [6, 6.07) is 14.7. The van der Waals surface area contributed by atoms with E-state index in [1.165, 1.54) is 16.0 Å². The highest BCUT2D eigenvalue weighted by Crippen LogP contribution is 2.25. The van der Waals surface area contributed by atoms with Crippen LogP contribution >= 0.6 is 11.8 Å². The van der Waals surface area contributed by atoms with E-state index in [9.17, 15) is 0 Å². The number of hydrogen-bond donors (Lipinski definition) is 0. The molecule has 0 N–H and O–H groups in total. The van der Waals surface area contributed by atoms with Gasteiger partial charge in [-0.3, -0.25) is 0 Å². The first-order valence-electron chi connectivity index (χ1n) is 7.06. The van der Waals surface area contributed by atoms with Crippen LogP contribution in [0.25, 0.3) is 10.9 Å². The molecule has 0 atom stereocenters. The highest BCUT2D eigenvalue weighted by Gasteiger charge is 2.05. The van der Waals surface area contributed by atoms with Crippen molar-refractivity contribution in [3.8, 4) is 0 Å². The minimum absolute atomic E-state index is 0.800. The number of nitrogens with zero attached hydrogens (tertiary/aromatic N) is 2. The van der Waals surface area contributed by atoms with Crippen molar-refractivity contribution in [1.82, 2.24) is 9.97 Å². The third kappa shape index (κ3) is 3.08.